The third-order valence-corrected chi connectivity index (χ3v) is 4.01. The molecule has 116 valence electrons. The van der Waals surface area contributed by atoms with Gasteiger partial charge in [-0.3, -0.25) is 4.79 Å². The van der Waals surface area contributed by atoms with E-state index in [0.717, 1.165) is 6.61 Å². The molecule has 0 bridgehead atoms. The van der Waals surface area contributed by atoms with Gasteiger partial charge in [-0.2, -0.15) is 0 Å². The first-order chi connectivity index (χ1) is 11.2. The Labute approximate surface area is 137 Å². The third kappa shape index (κ3) is 2.96. The van der Waals surface area contributed by atoms with Crippen LogP contribution in [0.4, 0.5) is 0 Å². The van der Waals surface area contributed by atoms with Gasteiger partial charge in [-0.05, 0) is 24.3 Å². The van der Waals surface area contributed by atoms with Gasteiger partial charge in [-0.15, -0.1) is 0 Å². The Balaban J connectivity index is 1.77. The molecule has 1 saturated heterocycles. The van der Waals surface area contributed by atoms with Gasteiger partial charge in [0.1, 0.15) is 29.8 Å². The van der Waals surface area contributed by atoms with Crippen molar-refractivity contribution in [1.82, 2.24) is 0 Å². The van der Waals surface area contributed by atoms with Crippen molar-refractivity contribution in [3.8, 4) is 17.1 Å². The van der Waals surface area contributed by atoms with Gasteiger partial charge in [-0.1, -0.05) is 23.7 Å². The highest BCUT2D eigenvalue weighted by Gasteiger charge is 2.23. The van der Waals surface area contributed by atoms with Crippen LogP contribution < -0.4 is 10.2 Å². The number of rotatable bonds is 4. The maximum absolute atomic E-state index is 12.3. The van der Waals surface area contributed by atoms with Gasteiger partial charge < -0.3 is 13.9 Å². The van der Waals surface area contributed by atoms with Crippen LogP contribution in [0.1, 0.15) is 0 Å². The normalized spacial score (nSPS) is 16.5. The van der Waals surface area contributed by atoms with Crippen LogP contribution in [0, 0.1) is 0 Å². The highest BCUT2D eigenvalue weighted by Crippen LogP contribution is 2.29. The minimum absolute atomic E-state index is 0.113. The van der Waals surface area contributed by atoms with Crippen LogP contribution in [0.5, 0.6) is 5.75 Å². The number of epoxide rings is 1. The molecule has 2 heterocycles. The fourth-order valence-corrected chi connectivity index (χ4v) is 2.60. The summed E-state index contributed by atoms with van der Waals surface area (Å²) in [5, 5.41) is 1.05. The maximum atomic E-state index is 12.3. The number of ether oxygens (including phenoxy) is 2. The first-order valence-corrected chi connectivity index (χ1v) is 7.66. The average Bonchev–Trinajstić information content (AvgIpc) is 3.37. The van der Waals surface area contributed by atoms with E-state index in [1.54, 1.807) is 24.3 Å². The average molecular weight is 329 g/mol. The van der Waals surface area contributed by atoms with E-state index < -0.39 is 0 Å². The molecule has 1 fully saturated rings. The standard InChI is InChI=1S/C18H13ClO4/c19-15-4-2-1-3-13(15)18-8-16(20)14-6-5-11(7-17(14)23-18)21-9-12-10-22-12/h1-8,12H,9-10H2. The van der Waals surface area contributed by atoms with Crippen LogP contribution >= 0.6 is 11.6 Å². The lowest BCUT2D eigenvalue weighted by Crippen LogP contribution is -2.05. The van der Waals surface area contributed by atoms with Crippen molar-refractivity contribution < 1.29 is 13.9 Å². The van der Waals surface area contributed by atoms with E-state index in [2.05, 4.69) is 0 Å². The van der Waals surface area contributed by atoms with E-state index >= 15 is 0 Å². The van der Waals surface area contributed by atoms with E-state index in [-0.39, 0.29) is 11.5 Å². The predicted octanol–water partition coefficient (Wildman–Crippen LogP) is 3.89. The van der Waals surface area contributed by atoms with Gasteiger partial charge in [-0.25, -0.2) is 0 Å². The Morgan fingerprint density at radius 1 is 1.17 bits per heavy atom. The maximum Gasteiger partial charge on any atom is 0.193 e. The van der Waals surface area contributed by atoms with Crippen LogP contribution in [-0.2, 0) is 4.74 Å². The Hall–Kier alpha value is -2.30. The van der Waals surface area contributed by atoms with Gasteiger partial charge in [0, 0.05) is 17.7 Å². The molecule has 1 atom stereocenters. The van der Waals surface area contributed by atoms with E-state index in [1.165, 1.54) is 6.07 Å². The SMILES string of the molecule is O=c1cc(-c2ccccc2Cl)oc2cc(OCC3CO3)ccc12. The Morgan fingerprint density at radius 2 is 2.00 bits per heavy atom. The summed E-state index contributed by atoms with van der Waals surface area (Å²) in [6, 6.07) is 13.9. The largest absolute Gasteiger partial charge is 0.491 e. The van der Waals surface area contributed by atoms with E-state index in [9.17, 15) is 4.79 Å². The van der Waals surface area contributed by atoms with E-state index in [1.807, 2.05) is 18.2 Å². The van der Waals surface area contributed by atoms with Crippen molar-refractivity contribution in [2.75, 3.05) is 13.2 Å². The summed E-state index contributed by atoms with van der Waals surface area (Å²) in [7, 11) is 0. The summed E-state index contributed by atoms with van der Waals surface area (Å²) in [4.78, 5) is 12.3. The highest BCUT2D eigenvalue weighted by molar-refractivity contribution is 6.33. The Morgan fingerprint density at radius 3 is 2.78 bits per heavy atom. The second-order valence-corrected chi connectivity index (χ2v) is 5.79. The molecule has 4 nitrogen and oxygen atoms in total. The summed E-state index contributed by atoms with van der Waals surface area (Å²) in [5.41, 5.74) is 1.05. The summed E-state index contributed by atoms with van der Waals surface area (Å²) in [6.45, 7) is 1.24. The lowest BCUT2D eigenvalue weighted by Gasteiger charge is -2.07. The zero-order chi connectivity index (χ0) is 15.8. The smallest absolute Gasteiger partial charge is 0.193 e. The fraction of sp³-hybridized carbons (Fsp3) is 0.167. The second-order valence-electron chi connectivity index (χ2n) is 5.38. The Kier molecular flexibility index (Phi) is 3.56. The molecule has 1 aromatic heterocycles. The lowest BCUT2D eigenvalue weighted by atomic mass is 10.1. The molecule has 0 saturated carbocycles. The van der Waals surface area contributed by atoms with Crippen molar-refractivity contribution in [1.29, 1.82) is 0 Å². The predicted molar refractivity (Wildman–Crippen MR) is 88.2 cm³/mol. The molecule has 23 heavy (non-hydrogen) atoms. The van der Waals surface area contributed by atoms with Gasteiger partial charge >= 0.3 is 0 Å². The number of hydrogen-bond donors (Lipinski definition) is 0. The van der Waals surface area contributed by atoms with Crippen molar-refractivity contribution >= 4 is 22.6 Å². The lowest BCUT2D eigenvalue weighted by molar-refractivity contribution is 0.263. The molecule has 1 unspecified atom stereocenters. The van der Waals surface area contributed by atoms with Crippen molar-refractivity contribution in [2.24, 2.45) is 0 Å². The summed E-state index contributed by atoms with van der Waals surface area (Å²) >= 11 is 6.18. The highest BCUT2D eigenvalue weighted by atomic mass is 35.5. The summed E-state index contributed by atoms with van der Waals surface area (Å²) < 4.78 is 16.6. The fourth-order valence-electron chi connectivity index (χ4n) is 2.37. The van der Waals surface area contributed by atoms with E-state index in [4.69, 9.17) is 25.5 Å². The summed E-state index contributed by atoms with van der Waals surface area (Å²) in [5.74, 6) is 1.09. The second kappa shape index (κ2) is 5.72. The molecule has 1 aliphatic rings. The molecule has 0 N–H and O–H groups in total. The topological polar surface area (TPSA) is 52.0 Å². The van der Waals surface area contributed by atoms with Crippen LogP contribution in [0.15, 0.2) is 57.7 Å². The molecule has 0 amide bonds. The van der Waals surface area contributed by atoms with Crippen molar-refractivity contribution in [3.05, 3.63) is 63.8 Å². The first kappa shape index (κ1) is 14.3. The van der Waals surface area contributed by atoms with Crippen LogP contribution in [0.25, 0.3) is 22.3 Å². The third-order valence-electron chi connectivity index (χ3n) is 3.68. The van der Waals surface area contributed by atoms with E-state index in [0.29, 0.717) is 39.7 Å². The molecular formula is C18H13ClO4. The molecule has 3 aromatic rings. The molecule has 4 rings (SSSR count). The number of halogens is 1. The Bertz CT molecular complexity index is 928. The molecule has 1 aliphatic heterocycles. The number of benzene rings is 2. The van der Waals surface area contributed by atoms with Gasteiger partial charge in [0.05, 0.1) is 17.0 Å². The van der Waals surface area contributed by atoms with Gasteiger partial charge in [0.2, 0.25) is 0 Å². The zero-order valence-corrected chi connectivity index (χ0v) is 12.9. The van der Waals surface area contributed by atoms with Gasteiger partial charge in [0.15, 0.2) is 5.43 Å². The van der Waals surface area contributed by atoms with Crippen LogP contribution in [0.3, 0.4) is 0 Å². The molecule has 2 aromatic carbocycles. The molecule has 0 aliphatic carbocycles. The van der Waals surface area contributed by atoms with Crippen molar-refractivity contribution in [2.45, 2.75) is 6.10 Å². The molecule has 5 heteroatoms. The minimum Gasteiger partial charge on any atom is -0.491 e. The molecular weight excluding hydrogens is 316 g/mol. The number of fused-ring (bicyclic) bond motifs is 1. The number of hydrogen-bond acceptors (Lipinski definition) is 4. The minimum atomic E-state index is -0.113. The van der Waals surface area contributed by atoms with Crippen LogP contribution in [-0.4, -0.2) is 19.3 Å². The monoisotopic (exact) mass is 328 g/mol. The van der Waals surface area contributed by atoms with Crippen molar-refractivity contribution in [3.63, 3.8) is 0 Å². The zero-order valence-electron chi connectivity index (χ0n) is 12.1. The quantitative estimate of drug-likeness (QED) is 0.682. The first-order valence-electron chi connectivity index (χ1n) is 7.28. The molecule has 0 radical (unpaired) electrons. The van der Waals surface area contributed by atoms with Gasteiger partial charge in [0.25, 0.3) is 0 Å². The van der Waals surface area contributed by atoms with Crippen LogP contribution in [0.2, 0.25) is 5.02 Å². The summed E-state index contributed by atoms with van der Waals surface area (Å²) in [6.07, 6.45) is 0.173. The molecule has 0 spiro atoms.